The number of nitro groups is 1. The molecule has 9 heteroatoms. The average molecular weight is 301 g/mol. The molecule has 0 aliphatic carbocycles. The molecule has 0 spiro atoms. The minimum absolute atomic E-state index is 0.0581. The van der Waals surface area contributed by atoms with Crippen molar-refractivity contribution >= 4 is 29.2 Å². The molecule has 0 aromatic carbocycles. The highest BCUT2D eigenvalue weighted by molar-refractivity contribution is 7.99. The zero-order valence-electron chi connectivity index (χ0n) is 10.6. The monoisotopic (exact) mass is 301 g/mol. The maximum Gasteiger partial charge on any atom is 0.337 e. The topological polar surface area (TPSA) is 126 Å². The molecule has 0 unspecified atom stereocenters. The predicted molar refractivity (Wildman–Crippen MR) is 75.4 cm³/mol. The van der Waals surface area contributed by atoms with Crippen LogP contribution in [-0.2, 0) is 0 Å². The van der Waals surface area contributed by atoms with Crippen LogP contribution in [-0.4, -0.2) is 50.7 Å². The first kappa shape index (κ1) is 16.2. The highest BCUT2D eigenvalue weighted by atomic mass is 32.2. The summed E-state index contributed by atoms with van der Waals surface area (Å²) in [4.78, 5) is 24.7. The Hall–Kier alpha value is -1.87. The molecule has 1 aromatic heterocycles. The molecular formula is C11H15N3O5S. The highest BCUT2D eigenvalue weighted by Crippen LogP contribution is 2.22. The second kappa shape index (κ2) is 8.33. The number of aliphatic hydroxyl groups is 1. The molecule has 0 amide bonds. The second-order valence-corrected chi connectivity index (χ2v) is 5.00. The molecule has 0 saturated heterocycles. The molecule has 0 atom stereocenters. The van der Waals surface area contributed by atoms with Crippen LogP contribution < -0.4 is 5.32 Å². The quantitative estimate of drug-likeness (QED) is 0.353. The van der Waals surface area contributed by atoms with Crippen LogP contribution in [0.25, 0.3) is 0 Å². The number of thioether (sulfide) groups is 1. The van der Waals surface area contributed by atoms with Crippen LogP contribution in [0.4, 0.5) is 11.5 Å². The van der Waals surface area contributed by atoms with Gasteiger partial charge in [0.05, 0.1) is 10.5 Å². The fourth-order valence-electron chi connectivity index (χ4n) is 1.36. The van der Waals surface area contributed by atoms with Gasteiger partial charge >= 0.3 is 11.7 Å². The van der Waals surface area contributed by atoms with Crippen molar-refractivity contribution in [3.63, 3.8) is 0 Å². The molecule has 8 nitrogen and oxygen atoms in total. The Balaban J connectivity index is 2.60. The summed E-state index contributed by atoms with van der Waals surface area (Å²) in [5.74, 6) is 0.319. The Kier molecular flexibility index (Phi) is 6.74. The zero-order chi connectivity index (χ0) is 15.0. The van der Waals surface area contributed by atoms with Crippen molar-refractivity contribution < 1.29 is 19.9 Å². The SMILES string of the molecule is O=C(O)c1cnc(NCCSCCCO)c([N+](=O)[O-])c1. The van der Waals surface area contributed by atoms with Crippen LogP contribution >= 0.6 is 11.8 Å². The van der Waals surface area contributed by atoms with Crippen LogP contribution in [0.3, 0.4) is 0 Å². The number of nitrogens with one attached hydrogen (secondary N) is 1. The van der Waals surface area contributed by atoms with Gasteiger partial charge in [-0.15, -0.1) is 0 Å². The first-order valence-electron chi connectivity index (χ1n) is 5.86. The summed E-state index contributed by atoms with van der Waals surface area (Å²) in [7, 11) is 0. The van der Waals surface area contributed by atoms with Gasteiger partial charge in [-0.3, -0.25) is 10.1 Å². The van der Waals surface area contributed by atoms with E-state index in [1.54, 1.807) is 11.8 Å². The molecule has 0 bridgehead atoms. The number of hydrogen-bond donors (Lipinski definition) is 3. The van der Waals surface area contributed by atoms with E-state index in [1.165, 1.54) is 0 Å². The number of carboxylic acids is 1. The van der Waals surface area contributed by atoms with Gasteiger partial charge in [-0.25, -0.2) is 9.78 Å². The van der Waals surface area contributed by atoms with Gasteiger partial charge in [-0.1, -0.05) is 0 Å². The van der Waals surface area contributed by atoms with Gasteiger partial charge in [0.1, 0.15) is 0 Å². The third kappa shape index (κ3) is 5.02. The molecule has 0 aliphatic heterocycles. The van der Waals surface area contributed by atoms with Crippen LogP contribution in [0.5, 0.6) is 0 Å². The Bertz CT molecular complexity index is 483. The molecule has 20 heavy (non-hydrogen) atoms. The first-order chi connectivity index (χ1) is 9.56. The maximum absolute atomic E-state index is 10.9. The number of nitrogens with zero attached hydrogens (tertiary/aromatic N) is 2. The van der Waals surface area contributed by atoms with E-state index in [1.807, 2.05) is 0 Å². The van der Waals surface area contributed by atoms with Gasteiger partial charge < -0.3 is 15.5 Å². The number of anilines is 1. The van der Waals surface area contributed by atoms with Gasteiger partial charge in [0.2, 0.25) is 5.82 Å². The van der Waals surface area contributed by atoms with E-state index in [2.05, 4.69) is 10.3 Å². The van der Waals surface area contributed by atoms with Crippen molar-refractivity contribution in [3.8, 4) is 0 Å². The normalized spacial score (nSPS) is 10.2. The minimum Gasteiger partial charge on any atom is -0.478 e. The van der Waals surface area contributed by atoms with Crippen LogP contribution in [0.2, 0.25) is 0 Å². The van der Waals surface area contributed by atoms with Gasteiger partial charge in [0.25, 0.3) is 0 Å². The van der Waals surface area contributed by atoms with Crippen molar-refractivity contribution in [1.29, 1.82) is 0 Å². The Labute approximate surface area is 119 Å². The summed E-state index contributed by atoms with van der Waals surface area (Å²) in [5, 5.41) is 31.1. The molecule has 1 aromatic rings. The van der Waals surface area contributed by atoms with Gasteiger partial charge in [0, 0.05) is 31.2 Å². The Morgan fingerprint density at radius 1 is 1.50 bits per heavy atom. The lowest BCUT2D eigenvalue weighted by Gasteiger charge is -2.06. The second-order valence-electron chi connectivity index (χ2n) is 3.77. The van der Waals surface area contributed by atoms with Gasteiger partial charge in [-0.2, -0.15) is 11.8 Å². The number of carbonyl (C=O) groups is 1. The first-order valence-corrected chi connectivity index (χ1v) is 7.02. The summed E-state index contributed by atoms with van der Waals surface area (Å²) >= 11 is 1.61. The molecule has 110 valence electrons. The largest absolute Gasteiger partial charge is 0.478 e. The third-order valence-corrected chi connectivity index (χ3v) is 3.37. The van der Waals surface area contributed by atoms with E-state index in [0.29, 0.717) is 18.7 Å². The zero-order valence-corrected chi connectivity index (χ0v) is 11.4. The smallest absolute Gasteiger partial charge is 0.337 e. The third-order valence-electron chi connectivity index (χ3n) is 2.30. The molecular weight excluding hydrogens is 286 g/mol. The Morgan fingerprint density at radius 2 is 2.25 bits per heavy atom. The van der Waals surface area contributed by atoms with Gasteiger partial charge in [0.15, 0.2) is 0 Å². The lowest BCUT2D eigenvalue weighted by molar-refractivity contribution is -0.384. The number of hydrogen-bond acceptors (Lipinski definition) is 7. The van der Waals surface area contributed by atoms with Crippen molar-refractivity contribution in [2.75, 3.05) is 30.0 Å². The summed E-state index contributed by atoms with van der Waals surface area (Å²) in [6.45, 7) is 0.612. The van der Waals surface area contributed by atoms with E-state index in [4.69, 9.17) is 10.2 Å². The summed E-state index contributed by atoms with van der Waals surface area (Å²) in [6, 6.07) is 0.983. The molecule has 0 radical (unpaired) electrons. The number of carboxylic acid groups (broad SMARTS) is 1. The number of aromatic nitrogens is 1. The summed E-state index contributed by atoms with van der Waals surface area (Å²) in [5.41, 5.74) is -0.579. The number of rotatable bonds is 9. The van der Waals surface area contributed by atoms with Crippen molar-refractivity contribution in [2.45, 2.75) is 6.42 Å². The number of aliphatic hydroxyl groups excluding tert-OH is 1. The lowest BCUT2D eigenvalue weighted by atomic mass is 10.2. The molecule has 1 rings (SSSR count). The van der Waals surface area contributed by atoms with E-state index in [-0.39, 0.29) is 23.7 Å². The summed E-state index contributed by atoms with van der Waals surface area (Å²) in [6.07, 6.45) is 1.78. The van der Waals surface area contributed by atoms with Crippen molar-refractivity contribution in [1.82, 2.24) is 4.98 Å². The summed E-state index contributed by atoms with van der Waals surface area (Å²) < 4.78 is 0. The maximum atomic E-state index is 10.9. The molecule has 3 N–H and O–H groups in total. The van der Waals surface area contributed by atoms with E-state index >= 15 is 0 Å². The fraction of sp³-hybridized carbons (Fsp3) is 0.455. The van der Waals surface area contributed by atoms with E-state index in [0.717, 1.165) is 18.0 Å². The molecule has 0 aliphatic rings. The standard InChI is InChI=1S/C11H15N3O5S/c15-3-1-4-20-5-2-12-10-9(14(18)19)6-8(7-13-10)11(16)17/h6-7,15H,1-5H2,(H,12,13)(H,16,17). The van der Waals surface area contributed by atoms with Crippen molar-refractivity contribution in [3.05, 3.63) is 27.9 Å². The molecule has 0 fully saturated rings. The number of pyridine rings is 1. The Morgan fingerprint density at radius 3 is 2.85 bits per heavy atom. The predicted octanol–water partition coefficient (Wildman–Crippen LogP) is 1.22. The van der Waals surface area contributed by atoms with E-state index < -0.39 is 10.9 Å². The van der Waals surface area contributed by atoms with Gasteiger partial charge in [-0.05, 0) is 12.2 Å². The molecule has 0 saturated carbocycles. The van der Waals surface area contributed by atoms with Crippen LogP contribution in [0.15, 0.2) is 12.3 Å². The van der Waals surface area contributed by atoms with Crippen molar-refractivity contribution in [2.24, 2.45) is 0 Å². The molecule has 1 heterocycles. The highest BCUT2D eigenvalue weighted by Gasteiger charge is 2.18. The average Bonchev–Trinajstić information content (AvgIpc) is 2.42. The number of aromatic carboxylic acids is 1. The van der Waals surface area contributed by atoms with Crippen LogP contribution in [0.1, 0.15) is 16.8 Å². The minimum atomic E-state index is -1.26. The lowest BCUT2D eigenvalue weighted by Crippen LogP contribution is -2.10. The fourth-order valence-corrected chi connectivity index (χ4v) is 2.14. The van der Waals surface area contributed by atoms with Crippen LogP contribution in [0, 0.1) is 10.1 Å². The van der Waals surface area contributed by atoms with E-state index in [9.17, 15) is 14.9 Å².